The van der Waals surface area contributed by atoms with Gasteiger partial charge in [-0.25, -0.2) is 9.97 Å². The molecule has 1 fully saturated rings. The van der Waals surface area contributed by atoms with E-state index in [9.17, 15) is 4.79 Å². The van der Waals surface area contributed by atoms with Crippen LogP contribution in [0.2, 0.25) is 0 Å². The molecule has 1 aliphatic rings. The smallest absolute Gasteiger partial charge is 0.251 e. The van der Waals surface area contributed by atoms with E-state index in [4.69, 9.17) is 0 Å². The van der Waals surface area contributed by atoms with Crippen molar-refractivity contribution in [1.82, 2.24) is 24.8 Å². The molecule has 0 aliphatic carbocycles. The highest BCUT2D eigenvalue weighted by atomic mass is 16.1. The third-order valence-corrected chi connectivity index (χ3v) is 5.21. The zero-order valence-corrected chi connectivity index (χ0v) is 15.9. The third-order valence-electron chi connectivity index (χ3n) is 5.21. The molecule has 0 saturated carbocycles. The first-order valence-electron chi connectivity index (χ1n) is 9.55. The summed E-state index contributed by atoms with van der Waals surface area (Å²) in [6, 6.07) is 9.64. The molecule has 140 valence electrons. The maximum atomic E-state index is 12.6. The Balaban J connectivity index is 1.57. The summed E-state index contributed by atoms with van der Waals surface area (Å²) in [6.45, 7) is 7.88. The van der Waals surface area contributed by atoms with Crippen LogP contribution in [0.25, 0.3) is 16.9 Å². The van der Waals surface area contributed by atoms with Gasteiger partial charge in [0.05, 0.1) is 5.69 Å². The second-order valence-corrected chi connectivity index (χ2v) is 7.15. The van der Waals surface area contributed by atoms with Crippen LogP contribution in [0.5, 0.6) is 0 Å². The first-order chi connectivity index (χ1) is 13.1. The molecule has 0 atom stereocenters. The number of carbonyl (C=O) groups is 1. The van der Waals surface area contributed by atoms with Crippen LogP contribution in [0.3, 0.4) is 0 Å². The van der Waals surface area contributed by atoms with Crippen LogP contribution >= 0.6 is 0 Å². The van der Waals surface area contributed by atoms with E-state index in [2.05, 4.69) is 20.2 Å². The van der Waals surface area contributed by atoms with Crippen molar-refractivity contribution in [3.8, 4) is 5.69 Å². The number of hydrogen-bond donors (Lipinski definition) is 1. The first-order valence-corrected chi connectivity index (χ1v) is 9.55. The summed E-state index contributed by atoms with van der Waals surface area (Å²) in [5.41, 5.74) is 4.35. The van der Waals surface area contributed by atoms with Crippen LogP contribution in [0.15, 0.2) is 36.5 Å². The minimum atomic E-state index is -0.0366. The Morgan fingerprint density at radius 3 is 2.81 bits per heavy atom. The highest BCUT2D eigenvalue weighted by molar-refractivity contribution is 5.95. The predicted octanol–water partition coefficient (Wildman–Crippen LogP) is 2.86. The predicted molar refractivity (Wildman–Crippen MR) is 106 cm³/mol. The van der Waals surface area contributed by atoms with Gasteiger partial charge in [-0.2, -0.15) is 0 Å². The Morgan fingerprint density at radius 2 is 2.00 bits per heavy atom. The number of hydrogen-bond acceptors (Lipinski definition) is 4. The van der Waals surface area contributed by atoms with Crippen LogP contribution in [0.1, 0.15) is 34.6 Å². The van der Waals surface area contributed by atoms with Gasteiger partial charge in [0.2, 0.25) is 0 Å². The van der Waals surface area contributed by atoms with Crippen molar-refractivity contribution < 1.29 is 4.79 Å². The van der Waals surface area contributed by atoms with Crippen molar-refractivity contribution in [3.63, 3.8) is 0 Å². The Morgan fingerprint density at radius 1 is 1.19 bits per heavy atom. The topological polar surface area (TPSA) is 63.1 Å². The second kappa shape index (κ2) is 7.48. The average Bonchev–Trinajstić information content (AvgIpc) is 3.29. The molecule has 2 aromatic heterocycles. The zero-order valence-electron chi connectivity index (χ0n) is 15.9. The van der Waals surface area contributed by atoms with Gasteiger partial charge in [0.1, 0.15) is 11.3 Å². The molecule has 6 nitrogen and oxygen atoms in total. The molecule has 0 radical (unpaired) electrons. The number of benzene rings is 1. The zero-order chi connectivity index (χ0) is 18.8. The van der Waals surface area contributed by atoms with Gasteiger partial charge in [0, 0.05) is 24.8 Å². The van der Waals surface area contributed by atoms with E-state index in [0.29, 0.717) is 12.1 Å². The summed E-state index contributed by atoms with van der Waals surface area (Å²) >= 11 is 0. The number of nitrogens with zero attached hydrogens (tertiary/aromatic N) is 4. The molecule has 0 unspecified atom stereocenters. The molecule has 1 aliphatic heterocycles. The standard InChI is InChI=1S/C21H25N5O/c1-15-7-8-17(21(27)23-10-13-25-11-3-4-12-25)14-19(15)26-16(2)24-18-6-5-9-22-20(18)26/h5-9,14H,3-4,10-13H2,1-2H3,(H,23,27). The van der Waals surface area contributed by atoms with Crippen molar-refractivity contribution in [2.24, 2.45) is 0 Å². The highest BCUT2D eigenvalue weighted by Gasteiger charge is 2.15. The number of imidazole rings is 1. The summed E-state index contributed by atoms with van der Waals surface area (Å²) in [5.74, 6) is 0.823. The van der Waals surface area contributed by atoms with Gasteiger partial charge in [0.25, 0.3) is 5.91 Å². The summed E-state index contributed by atoms with van der Waals surface area (Å²) in [7, 11) is 0. The molecule has 27 heavy (non-hydrogen) atoms. The number of nitrogens with one attached hydrogen (secondary N) is 1. The quantitative estimate of drug-likeness (QED) is 0.757. The molecule has 1 aromatic carbocycles. The van der Waals surface area contributed by atoms with Crippen LogP contribution in [0.4, 0.5) is 0 Å². The fourth-order valence-electron chi connectivity index (χ4n) is 3.74. The number of aryl methyl sites for hydroxylation is 2. The number of rotatable bonds is 5. The SMILES string of the molecule is Cc1ccc(C(=O)NCCN2CCCC2)cc1-n1c(C)nc2cccnc21. The van der Waals surface area contributed by atoms with Gasteiger partial charge >= 0.3 is 0 Å². The minimum Gasteiger partial charge on any atom is -0.351 e. The summed E-state index contributed by atoms with van der Waals surface area (Å²) < 4.78 is 2.02. The number of aromatic nitrogens is 3. The fourth-order valence-corrected chi connectivity index (χ4v) is 3.74. The van der Waals surface area contributed by atoms with Crippen molar-refractivity contribution >= 4 is 17.1 Å². The van der Waals surface area contributed by atoms with Gasteiger partial charge in [-0.05, 0) is 69.6 Å². The highest BCUT2D eigenvalue weighted by Crippen LogP contribution is 2.23. The molecule has 0 bridgehead atoms. The maximum absolute atomic E-state index is 12.6. The van der Waals surface area contributed by atoms with E-state index < -0.39 is 0 Å². The number of amides is 1. The lowest BCUT2D eigenvalue weighted by Crippen LogP contribution is -2.33. The van der Waals surface area contributed by atoms with Crippen LogP contribution < -0.4 is 5.32 Å². The molecule has 6 heteroatoms. The Hall–Kier alpha value is -2.73. The molecule has 0 spiro atoms. The van der Waals surface area contributed by atoms with E-state index in [-0.39, 0.29) is 5.91 Å². The van der Waals surface area contributed by atoms with Gasteiger partial charge in [0.15, 0.2) is 5.65 Å². The normalized spacial score (nSPS) is 14.7. The number of carbonyl (C=O) groups excluding carboxylic acids is 1. The van der Waals surface area contributed by atoms with Gasteiger partial charge in [-0.15, -0.1) is 0 Å². The van der Waals surface area contributed by atoms with Crippen LogP contribution in [-0.2, 0) is 0 Å². The lowest BCUT2D eigenvalue weighted by atomic mass is 10.1. The maximum Gasteiger partial charge on any atom is 0.251 e. The van der Waals surface area contributed by atoms with E-state index in [1.165, 1.54) is 12.8 Å². The van der Waals surface area contributed by atoms with Crippen LogP contribution in [0, 0.1) is 13.8 Å². The lowest BCUT2D eigenvalue weighted by molar-refractivity contribution is 0.0949. The Labute approximate surface area is 159 Å². The van der Waals surface area contributed by atoms with Gasteiger partial charge in [-0.1, -0.05) is 6.07 Å². The second-order valence-electron chi connectivity index (χ2n) is 7.15. The van der Waals surface area contributed by atoms with Gasteiger partial charge in [-0.3, -0.25) is 9.36 Å². The first kappa shape index (κ1) is 17.7. The molecule has 3 heterocycles. The molecular weight excluding hydrogens is 338 g/mol. The largest absolute Gasteiger partial charge is 0.351 e. The monoisotopic (exact) mass is 363 g/mol. The van der Waals surface area contributed by atoms with E-state index in [1.54, 1.807) is 6.20 Å². The van der Waals surface area contributed by atoms with Crippen LogP contribution in [-0.4, -0.2) is 51.5 Å². The summed E-state index contributed by atoms with van der Waals surface area (Å²) in [4.78, 5) is 24.1. The van der Waals surface area contributed by atoms with Gasteiger partial charge < -0.3 is 10.2 Å². The number of likely N-dealkylation sites (tertiary alicyclic amines) is 1. The number of pyridine rings is 1. The summed E-state index contributed by atoms with van der Waals surface area (Å²) in [5, 5.41) is 3.05. The average molecular weight is 363 g/mol. The van der Waals surface area contributed by atoms with E-state index in [0.717, 1.165) is 47.9 Å². The molecule has 1 N–H and O–H groups in total. The molecule has 4 rings (SSSR count). The fraction of sp³-hybridized carbons (Fsp3) is 0.381. The number of fused-ring (bicyclic) bond motifs is 1. The van der Waals surface area contributed by atoms with E-state index in [1.807, 2.05) is 48.7 Å². The molecular formula is C21H25N5O. The Bertz CT molecular complexity index is 972. The molecule has 1 saturated heterocycles. The molecule has 1 amide bonds. The minimum absolute atomic E-state index is 0.0366. The Kier molecular flexibility index (Phi) is 4.90. The third kappa shape index (κ3) is 3.57. The summed E-state index contributed by atoms with van der Waals surface area (Å²) in [6.07, 6.45) is 4.30. The van der Waals surface area contributed by atoms with Crippen molar-refractivity contribution in [3.05, 3.63) is 53.5 Å². The van der Waals surface area contributed by atoms with E-state index >= 15 is 0 Å². The van der Waals surface area contributed by atoms with Crippen molar-refractivity contribution in [2.75, 3.05) is 26.2 Å². The van der Waals surface area contributed by atoms with Crippen molar-refractivity contribution in [2.45, 2.75) is 26.7 Å². The lowest BCUT2D eigenvalue weighted by Gasteiger charge is -2.15. The molecule has 3 aromatic rings. The van der Waals surface area contributed by atoms with Crippen molar-refractivity contribution in [1.29, 1.82) is 0 Å².